The van der Waals surface area contributed by atoms with Gasteiger partial charge in [-0.15, -0.1) is 0 Å². The van der Waals surface area contributed by atoms with E-state index >= 15 is 0 Å². The highest BCUT2D eigenvalue weighted by Crippen LogP contribution is 2.16. The molecule has 0 aliphatic carbocycles. The second kappa shape index (κ2) is 6.27. The number of hydrogen-bond acceptors (Lipinski definition) is 2. The summed E-state index contributed by atoms with van der Waals surface area (Å²) in [4.78, 5) is 3.90. The van der Waals surface area contributed by atoms with Crippen LogP contribution in [0.2, 0.25) is 0 Å². The summed E-state index contributed by atoms with van der Waals surface area (Å²) in [7, 11) is 0. The Hall–Kier alpha value is -2.53. The molecule has 1 radical (unpaired) electrons. The van der Waals surface area contributed by atoms with Gasteiger partial charge in [-0.1, -0.05) is 36.6 Å². The van der Waals surface area contributed by atoms with E-state index in [1.165, 1.54) is 0 Å². The third-order valence-electron chi connectivity index (χ3n) is 2.18. The zero-order valence-corrected chi connectivity index (χ0v) is 9.89. The summed E-state index contributed by atoms with van der Waals surface area (Å²) in [5.41, 5.74) is 1.60. The molecule has 1 heterocycles. The maximum atomic E-state index is 5.53. The second-order valence-electron chi connectivity index (χ2n) is 3.51. The minimum Gasteiger partial charge on any atom is -0.488 e. The zero-order chi connectivity index (χ0) is 12.6. The van der Waals surface area contributed by atoms with Crippen LogP contribution in [0.3, 0.4) is 0 Å². The molecule has 0 amide bonds. The average Bonchev–Trinajstić information content (AvgIpc) is 2.45. The lowest BCUT2D eigenvalue weighted by Gasteiger charge is -2.04. The molecule has 2 heteroatoms. The standard InChI is InChI=1S/C16H12NO/c1-2-12-18-16-8-4-3-7-15(16)10-9-14-6-5-11-17-13-14/h2-8,11H,1,12H2. The van der Waals surface area contributed by atoms with Crippen LogP contribution in [0.4, 0.5) is 0 Å². The SMILES string of the molecule is C=CCOc1ccccc1C#Cc1[c]nccc1. The van der Waals surface area contributed by atoms with Crippen molar-refractivity contribution in [2.24, 2.45) is 0 Å². The lowest BCUT2D eigenvalue weighted by Crippen LogP contribution is -1.94. The van der Waals surface area contributed by atoms with Gasteiger partial charge >= 0.3 is 0 Å². The van der Waals surface area contributed by atoms with Crippen molar-refractivity contribution in [3.05, 3.63) is 72.6 Å². The molecule has 0 saturated heterocycles. The number of aromatic nitrogens is 1. The van der Waals surface area contributed by atoms with Crippen molar-refractivity contribution in [1.29, 1.82) is 0 Å². The van der Waals surface area contributed by atoms with Gasteiger partial charge in [0.1, 0.15) is 18.6 Å². The predicted molar refractivity (Wildman–Crippen MR) is 71.2 cm³/mol. The minimum absolute atomic E-state index is 0.470. The molecule has 2 rings (SSSR count). The fraction of sp³-hybridized carbons (Fsp3) is 0.0625. The first-order valence-corrected chi connectivity index (χ1v) is 5.57. The Morgan fingerprint density at radius 1 is 1.22 bits per heavy atom. The predicted octanol–water partition coefficient (Wildman–Crippen LogP) is 2.85. The Labute approximate surface area is 107 Å². The number of ether oxygens (including phenoxy) is 1. The van der Waals surface area contributed by atoms with E-state index in [9.17, 15) is 0 Å². The topological polar surface area (TPSA) is 22.1 Å². The van der Waals surface area contributed by atoms with Gasteiger partial charge < -0.3 is 4.74 Å². The maximum absolute atomic E-state index is 5.53. The zero-order valence-electron chi connectivity index (χ0n) is 9.89. The fourth-order valence-corrected chi connectivity index (χ4v) is 1.38. The van der Waals surface area contributed by atoms with Crippen molar-refractivity contribution < 1.29 is 4.74 Å². The number of benzene rings is 1. The molecule has 0 atom stereocenters. The van der Waals surface area contributed by atoms with E-state index in [0.29, 0.717) is 6.61 Å². The Kier molecular flexibility index (Phi) is 4.16. The van der Waals surface area contributed by atoms with Crippen molar-refractivity contribution in [1.82, 2.24) is 4.98 Å². The van der Waals surface area contributed by atoms with Crippen molar-refractivity contribution in [2.75, 3.05) is 6.61 Å². The van der Waals surface area contributed by atoms with Crippen LogP contribution in [0.25, 0.3) is 0 Å². The summed E-state index contributed by atoms with van der Waals surface area (Å²) in [6, 6.07) is 11.4. The second-order valence-corrected chi connectivity index (χ2v) is 3.51. The third kappa shape index (κ3) is 3.23. The van der Waals surface area contributed by atoms with Gasteiger partial charge in [0.15, 0.2) is 0 Å². The highest BCUT2D eigenvalue weighted by atomic mass is 16.5. The Morgan fingerprint density at radius 3 is 2.89 bits per heavy atom. The lowest BCUT2D eigenvalue weighted by atomic mass is 10.2. The lowest BCUT2D eigenvalue weighted by molar-refractivity contribution is 0.362. The van der Waals surface area contributed by atoms with Gasteiger partial charge in [-0.3, -0.25) is 4.98 Å². The maximum Gasteiger partial charge on any atom is 0.135 e. The highest BCUT2D eigenvalue weighted by molar-refractivity contribution is 5.49. The third-order valence-corrected chi connectivity index (χ3v) is 2.18. The first-order valence-electron chi connectivity index (χ1n) is 5.57. The van der Waals surface area contributed by atoms with Gasteiger partial charge in [0.25, 0.3) is 0 Å². The summed E-state index contributed by atoms with van der Waals surface area (Å²) in [5, 5.41) is 0. The molecular formula is C16H12NO. The Morgan fingerprint density at radius 2 is 2.11 bits per heavy atom. The number of rotatable bonds is 3. The van der Waals surface area contributed by atoms with Gasteiger partial charge in [0, 0.05) is 6.20 Å². The van der Waals surface area contributed by atoms with E-state index in [1.54, 1.807) is 12.3 Å². The molecule has 2 nitrogen and oxygen atoms in total. The highest BCUT2D eigenvalue weighted by Gasteiger charge is 1.98. The summed E-state index contributed by atoms with van der Waals surface area (Å²) < 4.78 is 5.53. The van der Waals surface area contributed by atoms with E-state index in [4.69, 9.17) is 4.74 Å². The molecular weight excluding hydrogens is 222 g/mol. The van der Waals surface area contributed by atoms with Crippen molar-refractivity contribution in [3.8, 4) is 17.6 Å². The van der Waals surface area contributed by atoms with Crippen molar-refractivity contribution in [2.45, 2.75) is 0 Å². The molecule has 87 valence electrons. The molecule has 0 saturated carbocycles. The van der Waals surface area contributed by atoms with Gasteiger partial charge in [-0.25, -0.2) is 0 Å². The molecule has 2 aromatic rings. The largest absolute Gasteiger partial charge is 0.488 e. The number of nitrogens with zero attached hydrogens (tertiary/aromatic N) is 1. The molecule has 0 unspecified atom stereocenters. The van der Waals surface area contributed by atoms with Crippen LogP contribution in [0.15, 0.2) is 55.3 Å². The molecule has 0 fully saturated rings. The van der Waals surface area contributed by atoms with Gasteiger partial charge in [-0.2, -0.15) is 0 Å². The van der Waals surface area contributed by atoms with Crippen molar-refractivity contribution in [3.63, 3.8) is 0 Å². The fourth-order valence-electron chi connectivity index (χ4n) is 1.38. The molecule has 0 N–H and O–H groups in total. The molecule has 0 spiro atoms. The average molecular weight is 234 g/mol. The van der Waals surface area contributed by atoms with Crippen LogP contribution in [-0.2, 0) is 0 Å². The van der Waals surface area contributed by atoms with Gasteiger partial charge in [0.05, 0.1) is 11.1 Å². The molecule has 0 aliphatic heterocycles. The molecule has 1 aromatic heterocycles. The smallest absolute Gasteiger partial charge is 0.135 e. The van der Waals surface area contributed by atoms with E-state index < -0.39 is 0 Å². The summed E-state index contributed by atoms with van der Waals surface area (Å²) in [6.07, 6.45) is 6.20. The first-order chi connectivity index (χ1) is 8.90. The summed E-state index contributed by atoms with van der Waals surface area (Å²) >= 11 is 0. The first kappa shape index (κ1) is 11.9. The monoisotopic (exact) mass is 234 g/mol. The Balaban J connectivity index is 2.24. The van der Waals surface area contributed by atoms with Crippen LogP contribution in [0.1, 0.15) is 11.1 Å². The van der Waals surface area contributed by atoms with E-state index in [-0.39, 0.29) is 0 Å². The summed E-state index contributed by atoms with van der Waals surface area (Å²) in [5.74, 6) is 6.82. The number of pyridine rings is 1. The van der Waals surface area contributed by atoms with E-state index in [0.717, 1.165) is 16.9 Å². The van der Waals surface area contributed by atoms with Crippen LogP contribution in [0, 0.1) is 18.0 Å². The summed E-state index contributed by atoms with van der Waals surface area (Å²) in [6.45, 7) is 4.09. The van der Waals surface area contributed by atoms with E-state index in [1.807, 2.05) is 36.4 Å². The van der Waals surface area contributed by atoms with Crippen LogP contribution < -0.4 is 4.74 Å². The van der Waals surface area contributed by atoms with Crippen molar-refractivity contribution >= 4 is 0 Å². The normalized spacial score (nSPS) is 9.11. The molecule has 0 bridgehead atoms. The van der Waals surface area contributed by atoms with Crippen LogP contribution in [0.5, 0.6) is 5.75 Å². The van der Waals surface area contributed by atoms with Crippen LogP contribution in [-0.4, -0.2) is 11.6 Å². The number of hydrogen-bond donors (Lipinski definition) is 0. The minimum atomic E-state index is 0.470. The molecule has 1 aromatic carbocycles. The molecule has 0 aliphatic rings. The van der Waals surface area contributed by atoms with Crippen LogP contribution >= 0.6 is 0 Å². The molecule has 18 heavy (non-hydrogen) atoms. The van der Waals surface area contributed by atoms with Gasteiger partial charge in [0.2, 0.25) is 0 Å². The van der Waals surface area contributed by atoms with E-state index in [2.05, 4.69) is 29.6 Å². The number of para-hydroxylation sites is 1. The Bertz CT molecular complexity index is 579. The van der Waals surface area contributed by atoms with Gasteiger partial charge in [-0.05, 0) is 24.3 Å². The quantitative estimate of drug-likeness (QED) is 0.602.